The molecule has 1 saturated carbocycles. The Morgan fingerprint density at radius 3 is 1.60 bits per heavy atom. The molecule has 1 N–H and O–H groups in total. The van der Waals surface area contributed by atoms with Gasteiger partial charge in [0.2, 0.25) is 0 Å². The minimum Gasteiger partial charge on any atom is -0.385 e. The van der Waals surface area contributed by atoms with Gasteiger partial charge >= 0.3 is 0 Å². The lowest BCUT2D eigenvalue weighted by Gasteiger charge is -2.29. The average molecular weight is 479 g/mol. The van der Waals surface area contributed by atoms with E-state index in [1.807, 2.05) is 110 Å². The minimum absolute atomic E-state index is 0.237. The van der Waals surface area contributed by atoms with E-state index in [-0.39, 0.29) is 5.78 Å². The highest BCUT2D eigenvalue weighted by molar-refractivity contribution is 7.82. The minimum atomic E-state index is -3.59. The number of carbonyl (C=O) groups excluding carboxylic acids is 1. The highest BCUT2D eigenvalue weighted by Crippen LogP contribution is 2.64. The monoisotopic (exact) mass is 478 g/mol. The Hall–Kier alpha value is -3.52. The Kier molecular flexibility index (Phi) is 6.15. The van der Waals surface area contributed by atoms with Gasteiger partial charge in [0.25, 0.3) is 0 Å². The van der Waals surface area contributed by atoms with Gasteiger partial charge in [-0.3, -0.25) is 4.79 Å². The van der Waals surface area contributed by atoms with Crippen LogP contribution in [0.2, 0.25) is 0 Å². The van der Waals surface area contributed by atoms with Crippen molar-refractivity contribution in [1.82, 2.24) is 0 Å². The van der Waals surface area contributed by atoms with Gasteiger partial charge in [0.05, 0.1) is 5.60 Å². The summed E-state index contributed by atoms with van der Waals surface area (Å²) in [4.78, 5) is 14.2. The van der Waals surface area contributed by atoms with Crippen molar-refractivity contribution in [2.24, 2.45) is 0 Å². The zero-order valence-electron chi connectivity index (χ0n) is 19.6. The summed E-state index contributed by atoms with van der Waals surface area (Å²) >= 11 is 0. The van der Waals surface area contributed by atoms with E-state index in [1.165, 1.54) is 0 Å². The van der Waals surface area contributed by atoms with Crippen LogP contribution in [0, 0.1) is 6.92 Å². The van der Waals surface area contributed by atoms with E-state index < -0.39 is 12.7 Å². The molecule has 0 bridgehead atoms. The Balaban J connectivity index is 1.89. The lowest BCUT2D eigenvalue weighted by molar-refractivity contribution is 0.105. The number of ketones is 1. The second kappa shape index (κ2) is 9.26. The highest BCUT2D eigenvalue weighted by atomic mass is 31.2. The molecule has 4 aromatic rings. The first kappa shape index (κ1) is 23.2. The summed E-state index contributed by atoms with van der Waals surface area (Å²) in [6.07, 6.45) is 0.924. The van der Waals surface area contributed by atoms with Crippen LogP contribution in [0.15, 0.2) is 121 Å². The van der Waals surface area contributed by atoms with E-state index in [0.29, 0.717) is 45.5 Å². The zero-order valence-corrected chi connectivity index (χ0v) is 20.5. The smallest absolute Gasteiger partial charge is 0.194 e. The number of hydrogen-bond donors (Lipinski definition) is 1. The van der Waals surface area contributed by atoms with E-state index in [9.17, 15) is 9.90 Å². The van der Waals surface area contributed by atoms with Crippen LogP contribution in [-0.4, -0.2) is 16.5 Å². The normalized spacial score (nSPS) is 15.3. The maximum atomic E-state index is 15.4. The Labute approximate surface area is 206 Å². The standard InChI is InChI=1S/C31H27O3P/c1-23-17-19-25(20-18-23)29(32)28(24-11-5-2-6-12-24)30(31(33)21-22-31)35(34,26-13-7-3-8-14-26)27-15-9-4-10-16-27/h2-20,33H,21-22H2,1H3/b30-28-. The van der Waals surface area contributed by atoms with E-state index in [4.69, 9.17) is 0 Å². The molecule has 0 saturated heterocycles. The van der Waals surface area contributed by atoms with Crippen LogP contribution in [0.4, 0.5) is 0 Å². The van der Waals surface area contributed by atoms with Crippen LogP contribution < -0.4 is 10.6 Å². The summed E-state index contributed by atoms with van der Waals surface area (Å²) in [6, 6.07) is 35.2. The molecule has 5 rings (SSSR count). The molecule has 174 valence electrons. The van der Waals surface area contributed by atoms with Crippen molar-refractivity contribution in [2.75, 3.05) is 0 Å². The van der Waals surface area contributed by atoms with Gasteiger partial charge in [-0.05, 0) is 25.3 Å². The average Bonchev–Trinajstić information content (AvgIpc) is 3.66. The fraction of sp³-hybridized carbons (Fsp3) is 0.129. The number of benzene rings is 4. The highest BCUT2D eigenvalue weighted by Gasteiger charge is 2.54. The maximum Gasteiger partial charge on any atom is 0.194 e. The molecule has 0 aliphatic heterocycles. The third kappa shape index (κ3) is 4.34. The predicted octanol–water partition coefficient (Wildman–Crippen LogP) is 6.13. The van der Waals surface area contributed by atoms with Crippen molar-refractivity contribution in [1.29, 1.82) is 0 Å². The number of allylic oxidation sites excluding steroid dienone is 1. The molecule has 1 aliphatic carbocycles. The molecule has 1 fully saturated rings. The molecule has 0 aromatic heterocycles. The van der Waals surface area contributed by atoms with Gasteiger partial charge in [-0.25, -0.2) is 0 Å². The molecule has 1 aliphatic rings. The largest absolute Gasteiger partial charge is 0.385 e. The molecule has 0 amide bonds. The number of Topliss-reactive ketones (excluding diaryl/α,β-unsaturated/α-hetero) is 1. The molecule has 0 unspecified atom stereocenters. The summed E-state index contributed by atoms with van der Waals surface area (Å²) in [5.74, 6) is -0.237. The van der Waals surface area contributed by atoms with Gasteiger partial charge in [0, 0.05) is 27.1 Å². The fourth-order valence-electron chi connectivity index (χ4n) is 4.55. The van der Waals surface area contributed by atoms with Crippen molar-refractivity contribution in [2.45, 2.75) is 25.4 Å². The third-order valence-corrected chi connectivity index (χ3v) is 9.88. The van der Waals surface area contributed by atoms with Gasteiger partial charge in [0.1, 0.15) is 0 Å². The van der Waals surface area contributed by atoms with E-state index in [1.54, 1.807) is 12.1 Å². The van der Waals surface area contributed by atoms with Crippen LogP contribution in [0.5, 0.6) is 0 Å². The molecule has 3 nitrogen and oxygen atoms in total. The first-order valence-electron chi connectivity index (χ1n) is 11.8. The van der Waals surface area contributed by atoms with Crippen LogP contribution in [0.25, 0.3) is 5.57 Å². The van der Waals surface area contributed by atoms with Crippen LogP contribution >= 0.6 is 7.14 Å². The zero-order chi connectivity index (χ0) is 24.5. The Morgan fingerprint density at radius 1 is 0.686 bits per heavy atom. The summed E-state index contributed by atoms with van der Waals surface area (Å²) in [6.45, 7) is 1.97. The van der Waals surface area contributed by atoms with Crippen LogP contribution in [-0.2, 0) is 4.57 Å². The van der Waals surface area contributed by atoms with E-state index in [0.717, 1.165) is 5.56 Å². The first-order valence-corrected chi connectivity index (χ1v) is 13.5. The molecule has 0 radical (unpaired) electrons. The van der Waals surface area contributed by atoms with Crippen molar-refractivity contribution < 1.29 is 14.5 Å². The molecule has 35 heavy (non-hydrogen) atoms. The quantitative estimate of drug-likeness (QED) is 0.198. The van der Waals surface area contributed by atoms with Crippen molar-refractivity contribution in [3.05, 3.63) is 137 Å². The first-order chi connectivity index (χ1) is 16.9. The molecular formula is C31H27O3P. The summed E-state index contributed by atoms with van der Waals surface area (Å²) < 4.78 is 15.4. The molecule has 0 atom stereocenters. The van der Waals surface area contributed by atoms with Gasteiger partial charge in [-0.2, -0.15) is 0 Å². The summed E-state index contributed by atoms with van der Waals surface area (Å²) in [5, 5.41) is 13.3. The van der Waals surface area contributed by atoms with E-state index in [2.05, 4.69) is 0 Å². The number of carbonyl (C=O) groups is 1. The number of hydrogen-bond acceptors (Lipinski definition) is 3. The SMILES string of the molecule is Cc1ccc(C(=O)/C(=C(/C2(O)CC2)P(=O)(c2ccccc2)c2ccccc2)c2ccccc2)cc1. The Bertz CT molecular complexity index is 1380. The van der Waals surface area contributed by atoms with Crippen molar-refractivity contribution in [3.8, 4) is 0 Å². The van der Waals surface area contributed by atoms with Gasteiger partial charge < -0.3 is 9.67 Å². The molecule has 0 spiro atoms. The van der Waals surface area contributed by atoms with Gasteiger partial charge in [0.15, 0.2) is 12.9 Å². The van der Waals surface area contributed by atoms with E-state index >= 15 is 4.57 Å². The van der Waals surface area contributed by atoms with Crippen LogP contribution in [0.3, 0.4) is 0 Å². The molecule has 0 heterocycles. The Morgan fingerprint density at radius 2 is 1.14 bits per heavy atom. The number of rotatable bonds is 7. The summed E-state index contributed by atoms with van der Waals surface area (Å²) in [5.41, 5.74) is 1.22. The lowest BCUT2D eigenvalue weighted by Crippen LogP contribution is -2.27. The van der Waals surface area contributed by atoms with Gasteiger partial charge in [-0.1, -0.05) is 121 Å². The molecular weight excluding hydrogens is 451 g/mol. The van der Waals surface area contributed by atoms with Crippen molar-refractivity contribution >= 4 is 29.1 Å². The van der Waals surface area contributed by atoms with Crippen LogP contribution in [0.1, 0.15) is 34.3 Å². The maximum absolute atomic E-state index is 15.4. The molecule has 4 heteroatoms. The topological polar surface area (TPSA) is 54.4 Å². The third-order valence-electron chi connectivity index (χ3n) is 6.56. The van der Waals surface area contributed by atoms with Gasteiger partial charge in [-0.15, -0.1) is 0 Å². The number of aliphatic hydroxyl groups is 1. The summed E-state index contributed by atoms with van der Waals surface area (Å²) in [7, 11) is -3.59. The fourth-order valence-corrected chi connectivity index (χ4v) is 7.90. The van der Waals surface area contributed by atoms with Crippen molar-refractivity contribution in [3.63, 3.8) is 0 Å². The number of aryl methyl sites for hydroxylation is 1. The second-order valence-corrected chi connectivity index (χ2v) is 11.8. The molecule has 4 aromatic carbocycles. The lowest BCUT2D eigenvalue weighted by atomic mass is 9.94. The predicted molar refractivity (Wildman–Crippen MR) is 143 cm³/mol. The second-order valence-electron chi connectivity index (χ2n) is 9.10.